The van der Waals surface area contributed by atoms with Crippen LogP contribution in [0.2, 0.25) is 0 Å². The van der Waals surface area contributed by atoms with Gasteiger partial charge in [-0.2, -0.15) is 0 Å². The van der Waals surface area contributed by atoms with E-state index < -0.39 is 5.97 Å². The summed E-state index contributed by atoms with van der Waals surface area (Å²) in [5.74, 6) is 0.688. The summed E-state index contributed by atoms with van der Waals surface area (Å²) in [6, 6.07) is 5.28. The third kappa shape index (κ3) is 5.78. The van der Waals surface area contributed by atoms with Gasteiger partial charge in [0.05, 0.1) is 19.1 Å². The molecular weight excluding hydrogens is 526 g/mol. The van der Waals surface area contributed by atoms with Gasteiger partial charge in [0.2, 0.25) is 5.91 Å². The summed E-state index contributed by atoms with van der Waals surface area (Å²) in [5.41, 5.74) is 1.73. The van der Waals surface area contributed by atoms with Gasteiger partial charge in [-0.25, -0.2) is 9.78 Å². The van der Waals surface area contributed by atoms with Crippen LogP contribution >= 0.6 is 23.1 Å². The van der Waals surface area contributed by atoms with E-state index in [1.807, 2.05) is 4.90 Å². The Morgan fingerprint density at radius 3 is 2.66 bits per heavy atom. The van der Waals surface area contributed by atoms with Crippen LogP contribution < -0.4 is 10.3 Å². The van der Waals surface area contributed by atoms with Crippen molar-refractivity contribution in [2.24, 2.45) is 0 Å². The van der Waals surface area contributed by atoms with Crippen molar-refractivity contribution < 1.29 is 23.9 Å². The van der Waals surface area contributed by atoms with E-state index in [0.29, 0.717) is 68.8 Å². The number of thioether (sulfide) groups is 1. The number of nitrogens with zero attached hydrogens (tertiary/aromatic N) is 3. The van der Waals surface area contributed by atoms with Crippen LogP contribution in [0.1, 0.15) is 64.3 Å². The minimum absolute atomic E-state index is 0.0487. The zero-order valence-corrected chi connectivity index (χ0v) is 23.6. The number of methoxy groups -OCH3 is 1. The number of carbonyl (C=O) groups is 3. The van der Waals surface area contributed by atoms with Crippen molar-refractivity contribution in [1.29, 1.82) is 0 Å². The molecule has 0 N–H and O–H groups in total. The fourth-order valence-electron chi connectivity index (χ4n) is 4.51. The first-order valence-corrected chi connectivity index (χ1v) is 14.3. The molecule has 1 aromatic carbocycles. The second-order valence-electron chi connectivity index (χ2n) is 9.02. The second kappa shape index (κ2) is 12.1. The molecular formula is C27H31N3O6S2. The van der Waals surface area contributed by atoms with Gasteiger partial charge in [0.25, 0.3) is 5.56 Å². The van der Waals surface area contributed by atoms with Crippen molar-refractivity contribution in [1.82, 2.24) is 14.5 Å². The zero-order valence-electron chi connectivity index (χ0n) is 22.0. The number of carbonyl (C=O) groups excluding carboxylic acids is 3. The van der Waals surface area contributed by atoms with Crippen molar-refractivity contribution in [3.05, 3.63) is 50.1 Å². The fourth-order valence-corrected chi connectivity index (χ4v) is 6.63. The van der Waals surface area contributed by atoms with Crippen molar-refractivity contribution >= 4 is 51.0 Å². The number of rotatable bonds is 11. The van der Waals surface area contributed by atoms with Gasteiger partial charge in [-0.05, 0) is 57.4 Å². The summed E-state index contributed by atoms with van der Waals surface area (Å²) < 4.78 is 12.3. The average Bonchev–Trinajstić information content (AvgIpc) is 3.46. The smallest absolute Gasteiger partial charge is 0.348 e. The molecule has 2 aromatic heterocycles. The highest BCUT2D eigenvalue weighted by Crippen LogP contribution is 2.32. The molecule has 0 atom stereocenters. The molecule has 1 aliphatic rings. The molecule has 1 saturated heterocycles. The van der Waals surface area contributed by atoms with Crippen LogP contribution in [0.3, 0.4) is 0 Å². The van der Waals surface area contributed by atoms with Crippen molar-refractivity contribution in [3.8, 4) is 5.75 Å². The lowest BCUT2D eigenvalue weighted by atomic mass is 10.1. The Bertz CT molecular complexity index is 1440. The number of likely N-dealkylation sites (tertiary alicyclic amines) is 1. The number of Topliss-reactive ketones (excluding diaryl/α,β-unsaturated/α-hetero) is 1. The number of ether oxygens (including phenoxy) is 2. The highest BCUT2D eigenvalue weighted by molar-refractivity contribution is 7.98. The maximum absolute atomic E-state index is 13.7. The highest BCUT2D eigenvalue weighted by atomic mass is 32.2. The number of aromatic nitrogens is 2. The number of fused-ring (bicyclic) bond motifs is 1. The van der Waals surface area contributed by atoms with Gasteiger partial charge >= 0.3 is 5.97 Å². The minimum atomic E-state index is -0.466. The fraction of sp³-hybridized carbons (Fsp3) is 0.444. The summed E-state index contributed by atoms with van der Waals surface area (Å²) in [6.45, 7) is 6.92. The summed E-state index contributed by atoms with van der Waals surface area (Å²) in [4.78, 5) is 57.7. The Hall–Kier alpha value is -3.18. The van der Waals surface area contributed by atoms with E-state index in [0.717, 1.165) is 29.9 Å². The number of aryl methyl sites for hydroxylation is 1. The molecule has 38 heavy (non-hydrogen) atoms. The number of ketones is 1. The van der Waals surface area contributed by atoms with Crippen LogP contribution in [-0.4, -0.2) is 58.9 Å². The predicted molar refractivity (Wildman–Crippen MR) is 148 cm³/mol. The second-order valence-corrected chi connectivity index (χ2v) is 11.0. The van der Waals surface area contributed by atoms with Gasteiger partial charge in [-0.3, -0.25) is 19.0 Å². The number of esters is 1. The van der Waals surface area contributed by atoms with Gasteiger partial charge in [-0.15, -0.1) is 11.3 Å². The molecule has 1 aliphatic heterocycles. The Balaban J connectivity index is 1.70. The number of benzene rings is 1. The number of hydrogen-bond acceptors (Lipinski definition) is 9. The van der Waals surface area contributed by atoms with Crippen LogP contribution in [0.5, 0.6) is 5.75 Å². The van der Waals surface area contributed by atoms with Crippen LogP contribution in [0, 0.1) is 6.92 Å². The van der Waals surface area contributed by atoms with E-state index in [9.17, 15) is 19.2 Å². The monoisotopic (exact) mass is 557 g/mol. The molecule has 0 unspecified atom stereocenters. The molecule has 11 heteroatoms. The topological polar surface area (TPSA) is 108 Å². The first-order valence-electron chi connectivity index (χ1n) is 12.5. The van der Waals surface area contributed by atoms with E-state index in [1.54, 1.807) is 43.7 Å². The van der Waals surface area contributed by atoms with Gasteiger partial charge in [-0.1, -0.05) is 11.8 Å². The third-order valence-electron chi connectivity index (χ3n) is 6.50. The van der Waals surface area contributed by atoms with Crippen LogP contribution in [0.25, 0.3) is 10.2 Å². The van der Waals surface area contributed by atoms with Crippen LogP contribution in [-0.2, 0) is 21.8 Å². The quantitative estimate of drug-likeness (QED) is 0.147. The Morgan fingerprint density at radius 2 is 2.00 bits per heavy atom. The summed E-state index contributed by atoms with van der Waals surface area (Å²) in [5, 5.41) is 0.915. The number of hydrogen-bond donors (Lipinski definition) is 0. The minimum Gasteiger partial charge on any atom is -0.496 e. The molecule has 3 aromatic rings. The van der Waals surface area contributed by atoms with E-state index in [1.165, 1.54) is 18.7 Å². The highest BCUT2D eigenvalue weighted by Gasteiger charge is 2.24. The van der Waals surface area contributed by atoms with E-state index in [4.69, 9.17) is 14.5 Å². The molecule has 0 bridgehead atoms. The first-order chi connectivity index (χ1) is 18.2. The van der Waals surface area contributed by atoms with Crippen LogP contribution in [0.15, 0.2) is 28.2 Å². The maximum atomic E-state index is 13.7. The van der Waals surface area contributed by atoms with E-state index in [-0.39, 0.29) is 23.9 Å². The SMILES string of the molecule is CCOC(=O)c1sc2nc(SCc3cc(C(C)=O)ccc3OC)n(CCCN3CCCC3=O)c(=O)c2c1C. The molecule has 0 spiro atoms. The standard InChI is InChI=1S/C27H31N3O6S2/c1-5-36-26(34)23-16(2)22-24(38-23)28-27(30(25(22)33)13-7-12-29-11-6-8-21(29)32)37-15-19-14-18(17(3)31)9-10-20(19)35-4/h9-10,14H,5-8,11-13,15H2,1-4H3. The average molecular weight is 558 g/mol. The molecule has 3 heterocycles. The lowest BCUT2D eigenvalue weighted by molar-refractivity contribution is -0.127. The van der Waals surface area contributed by atoms with Crippen molar-refractivity contribution in [3.63, 3.8) is 0 Å². The maximum Gasteiger partial charge on any atom is 0.348 e. The summed E-state index contributed by atoms with van der Waals surface area (Å²) in [7, 11) is 1.57. The molecule has 0 saturated carbocycles. The van der Waals surface area contributed by atoms with Crippen molar-refractivity contribution in [2.75, 3.05) is 26.8 Å². The van der Waals surface area contributed by atoms with Gasteiger partial charge in [0, 0.05) is 42.9 Å². The lowest BCUT2D eigenvalue weighted by Crippen LogP contribution is -2.29. The molecule has 0 radical (unpaired) electrons. The third-order valence-corrected chi connectivity index (χ3v) is 8.69. The first kappa shape index (κ1) is 27.8. The van der Waals surface area contributed by atoms with E-state index >= 15 is 0 Å². The molecule has 9 nitrogen and oxygen atoms in total. The molecule has 202 valence electrons. The molecule has 0 aliphatic carbocycles. The number of thiophene rings is 1. The van der Waals surface area contributed by atoms with E-state index in [2.05, 4.69) is 0 Å². The molecule has 1 amide bonds. The van der Waals surface area contributed by atoms with Gasteiger partial charge in [0.1, 0.15) is 15.5 Å². The normalized spacial score (nSPS) is 13.4. The van der Waals surface area contributed by atoms with Crippen LogP contribution in [0.4, 0.5) is 0 Å². The van der Waals surface area contributed by atoms with Gasteiger partial charge < -0.3 is 14.4 Å². The summed E-state index contributed by atoms with van der Waals surface area (Å²) >= 11 is 2.52. The Morgan fingerprint density at radius 1 is 1.21 bits per heavy atom. The predicted octanol–water partition coefficient (Wildman–Crippen LogP) is 4.46. The summed E-state index contributed by atoms with van der Waals surface area (Å²) in [6.07, 6.45) is 2.03. The Kier molecular flexibility index (Phi) is 8.88. The van der Waals surface area contributed by atoms with Crippen molar-refractivity contribution in [2.45, 2.75) is 57.5 Å². The molecule has 1 fully saturated rings. The largest absolute Gasteiger partial charge is 0.496 e. The number of amides is 1. The molecule has 4 rings (SSSR count). The Labute approximate surface area is 229 Å². The lowest BCUT2D eigenvalue weighted by Gasteiger charge is -2.17. The zero-order chi connectivity index (χ0) is 27.4. The van der Waals surface area contributed by atoms with Gasteiger partial charge in [0.15, 0.2) is 10.9 Å².